The Hall–Kier alpha value is -3.30. The molecule has 0 heterocycles. The maximum atomic E-state index is 14.2. The second kappa shape index (κ2) is 7.94. The lowest BCUT2D eigenvalue weighted by atomic mass is 10.2. The molecule has 27 heavy (non-hydrogen) atoms. The van der Waals surface area contributed by atoms with Crippen molar-refractivity contribution in [2.75, 3.05) is 5.32 Å². The van der Waals surface area contributed by atoms with Gasteiger partial charge in [0.05, 0.1) is 5.56 Å². The van der Waals surface area contributed by atoms with Crippen LogP contribution in [-0.4, -0.2) is 18.0 Å². The van der Waals surface area contributed by atoms with E-state index in [1.165, 1.54) is 25.1 Å². The molecule has 2 aromatic rings. The fourth-order valence-electron chi connectivity index (χ4n) is 2.10. The molecule has 4 N–H and O–H groups in total. The smallest absolute Gasteiger partial charge is 0.419 e. The van der Waals surface area contributed by atoms with Crippen LogP contribution in [0.5, 0.6) is 11.5 Å². The van der Waals surface area contributed by atoms with Gasteiger partial charge in [0.1, 0.15) is 11.8 Å². The summed E-state index contributed by atoms with van der Waals surface area (Å²) in [5, 5.41) is 4.47. The number of hydrogen-bond donors (Lipinski definition) is 3. The van der Waals surface area contributed by atoms with E-state index in [1.54, 1.807) is 0 Å². The maximum absolute atomic E-state index is 14.2. The monoisotopic (exact) mass is 385 g/mol. The number of urea groups is 1. The van der Waals surface area contributed by atoms with E-state index in [-0.39, 0.29) is 5.69 Å². The standard InChI is InChI=1S/C17H15F4N3O3/c1-9(23-16(22)26)15(25)24-10-6-7-14(12(18)8-10)27-13-5-3-2-4-11(13)17(19,20)21/h2-9H,1H3,(H,24,25)(H3,22,23,26)/t9-/m0/s1. The number of nitrogens with one attached hydrogen (secondary N) is 2. The predicted octanol–water partition coefficient (Wildman–Crippen LogP) is 3.63. The highest BCUT2D eigenvalue weighted by Crippen LogP contribution is 2.38. The van der Waals surface area contributed by atoms with Gasteiger partial charge in [-0.25, -0.2) is 9.18 Å². The average molecular weight is 385 g/mol. The summed E-state index contributed by atoms with van der Waals surface area (Å²) >= 11 is 0. The number of anilines is 1. The van der Waals surface area contributed by atoms with Crippen LogP contribution >= 0.6 is 0 Å². The topological polar surface area (TPSA) is 93.5 Å². The van der Waals surface area contributed by atoms with Gasteiger partial charge >= 0.3 is 12.2 Å². The third kappa shape index (κ3) is 5.33. The fraction of sp³-hybridized carbons (Fsp3) is 0.176. The van der Waals surface area contributed by atoms with Gasteiger partial charge in [0.25, 0.3) is 0 Å². The second-order valence-corrected chi connectivity index (χ2v) is 5.46. The molecule has 0 aromatic heterocycles. The number of amides is 3. The number of halogens is 4. The number of rotatable bonds is 5. The van der Waals surface area contributed by atoms with E-state index < -0.39 is 47.0 Å². The van der Waals surface area contributed by atoms with Gasteiger partial charge in [-0.15, -0.1) is 0 Å². The molecule has 0 aliphatic rings. The number of hydrogen-bond acceptors (Lipinski definition) is 3. The van der Waals surface area contributed by atoms with Gasteiger partial charge in [0.2, 0.25) is 5.91 Å². The van der Waals surface area contributed by atoms with Crippen molar-refractivity contribution in [1.82, 2.24) is 5.32 Å². The molecular weight excluding hydrogens is 370 g/mol. The number of benzene rings is 2. The highest BCUT2D eigenvalue weighted by Gasteiger charge is 2.34. The molecule has 0 saturated heterocycles. The van der Waals surface area contributed by atoms with E-state index in [1.807, 2.05) is 0 Å². The van der Waals surface area contributed by atoms with Gasteiger partial charge in [-0.1, -0.05) is 12.1 Å². The van der Waals surface area contributed by atoms with Crippen LogP contribution in [0.1, 0.15) is 12.5 Å². The van der Waals surface area contributed by atoms with Crippen LogP contribution < -0.4 is 21.1 Å². The second-order valence-electron chi connectivity index (χ2n) is 5.46. The summed E-state index contributed by atoms with van der Waals surface area (Å²) in [5.74, 6) is -2.66. The van der Waals surface area contributed by atoms with Crippen molar-refractivity contribution in [2.45, 2.75) is 19.1 Å². The van der Waals surface area contributed by atoms with Crippen LogP contribution in [0.3, 0.4) is 0 Å². The zero-order chi connectivity index (χ0) is 20.2. The largest absolute Gasteiger partial charge is 0.454 e. The zero-order valence-electron chi connectivity index (χ0n) is 13.9. The third-order valence-electron chi connectivity index (χ3n) is 3.36. The van der Waals surface area contributed by atoms with Crippen LogP contribution in [0.15, 0.2) is 42.5 Å². The molecular formula is C17H15F4N3O3. The van der Waals surface area contributed by atoms with Crippen molar-refractivity contribution in [3.63, 3.8) is 0 Å². The first kappa shape index (κ1) is 20.0. The quantitative estimate of drug-likeness (QED) is 0.686. The number of para-hydroxylation sites is 1. The highest BCUT2D eigenvalue weighted by molar-refractivity contribution is 5.96. The molecule has 0 spiro atoms. The molecule has 0 radical (unpaired) electrons. The van der Waals surface area contributed by atoms with Crippen molar-refractivity contribution < 1.29 is 31.9 Å². The lowest BCUT2D eigenvalue weighted by Crippen LogP contribution is -2.44. The number of nitrogens with two attached hydrogens (primary N) is 1. The number of carbonyl (C=O) groups is 2. The minimum atomic E-state index is -4.66. The minimum Gasteiger partial charge on any atom is -0.454 e. The summed E-state index contributed by atoms with van der Waals surface area (Å²) < 4.78 is 58.1. The van der Waals surface area contributed by atoms with Gasteiger partial charge in [-0.2, -0.15) is 13.2 Å². The Balaban J connectivity index is 2.16. The number of primary amides is 1. The molecule has 2 rings (SSSR count). The predicted molar refractivity (Wildman–Crippen MR) is 88.7 cm³/mol. The van der Waals surface area contributed by atoms with Gasteiger partial charge < -0.3 is 21.1 Å². The van der Waals surface area contributed by atoms with Crippen LogP contribution in [0.25, 0.3) is 0 Å². The Morgan fingerprint density at radius 1 is 1.11 bits per heavy atom. The Morgan fingerprint density at radius 2 is 1.78 bits per heavy atom. The Labute approximate surface area is 151 Å². The molecule has 3 amide bonds. The van der Waals surface area contributed by atoms with Crippen LogP contribution in [0.4, 0.5) is 28.0 Å². The van der Waals surface area contributed by atoms with E-state index >= 15 is 0 Å². The molecule has 0 bridgehead atoms. The average Bonchev–Trinajstić information content (AvgIpc) is 2.56. The van der Waals surface area contributed by atoms with Crippen LogP contribution in [-0.2, 0) is 11.0 Å². The summed E-state index contributed by atoms with van der Waals surface area (Å²) in [6, 6.07) is 5.70. The lowest BCUT2D eigenvalue weighted by Gasteiger charge is -2.15. The number of carbonyl (C=O) groups excluding carboxylic acids is 2. The van der Waals surface area contributed by atoms with E-state index in [0.717, 1.165) is 24.3 Å². The number of ether oxygens (including phenoxy) is 1. The van der Waals surface area contributed by atoms with E-state index in [9.17, 15) is 27.2 Å². The summed E-state index contributed by atoms with van der Waals surface area (Å²) in [7, 11) is 0. The molecule has 10 heteroatoms. The van der Waals surface area contributed by atoms with E-state index in [4.69, 9.17) is 10.5 Å². The molecule has 0 aliphatic carbocycles. The first-order valence-corrected chi connectivity index (χ1v) is 7.58. The summed E-state index contributed by atoms with van der Waals surface area (Å²) in [4.78, 5) is 22.5. The third-order valence-corrected chi connectivity index (χ3v) is 3.36. The van der Waals surface area contributed by atoms with Crippen molar-refractivity contribution in [3.05, 3.63) is 53.8 Å². The summed E-state index contributed by atoms with van der Waals surface area (Å²) in [6.07, 6.45) is -4.66. The molecule has 2 aromatic carbocycles. The minimum absolute atomic E-state index is 0.0204. The molecule has 6 nitrogen and oxygen atoms in total. The first-order valence-electron chi connectivity index (χ1n) is 7.58. The summed E-state index contributed by atoms with van der Waals surface area (Å²) in [6.45, 7) is 1.36. The molecule has 0 saturated carbocycles. The van der Waals surface area contributed by atoms with Crippen molar-refractivity contribution in [2.24, 2.45) is 5.73 Å². The zero-order valence-corrected chi connectivity index (χ0v) is 13.9. The molecule has 0 fully saturated rings. The Kier molecular flexibility index (Phi) is 5.88. The van der Waals surface area contributed by atoms with Gasteiger partial charge in [-0.3, -0.25) is 4.79 Å². The normalized spacial score (nSPS) is 12.2. The van der Waals surface area contributed by atoms with E-state index in [0.29, 0.717) is 0 Å². The molecule has 144 valence electrons. The highest BCUT2D eigenvalue weighted by atomic mass is 19.4. The van der Waals surface area contributed by atoms with Crippen molar-refractivity contribution in [1.29, 1.82) is 0 Å². The SMILES string of the molecule is C[C@H](NC(N)=O)C(=O)Nc1ccc(Oc2ccccc2C(F)(F)F)c(F)c1. The molecule has 0 aliphatic heterocycles. The molecule has 1 atom stereocenters. The van der Waals surface area contributed by atoms with Crippen LogP contribution in [0, 0.1) is 5.82 Å². The van der Waals surface area contributed by atoms with E-state index in [2.05, 4.69) is 10.6 Å². The molecule has 0 unspecified atom stereocenters. The Bertz CT molecular complexity index is 856. The van der Waals surface area contributed by atoms with Crippen LogP contribution in [0.2, 0.25) is 0 Å². The fourth-order valence-corrected chi connectivity index (χ4v) is 2.10. The van der Waals surface area contributed by atoms with Gasteiger partial charge in [-0.05, 0) is 31.2 Å². The lowest BCUT2D eigenvalue weighted by molar-refractivity contribution is -0.138. The number of alkyl halides is 3. The van der Waals surface area contributed by atoms with Crippen molar-refractivity contribution in [3.8, 4) is 11.5 Å². The van der Waals surface area contributed by atoms with Gasteiger partial charge in [0, 0.05) is 11.8 Å². The van der Waals surface area contributed by atoms with Crippen molar-refractivity contribution >= 4 is 17.6 Å². The Morgan fingerprint density at radius 3 is 2.37 bits per heavy atom. The van der Waals surface area contributed by atoms with Gasteiger partial charge in [0.15, 0.2) is 11.6 Å². The summed E-state index contributed by atoms with van der Waals surface area (Å²) in [5.41, 5.74) is 3.87. The maximum Gasteiger partial charge on any atom is 0.419 e. The first-order chi connectivity index (χ1) is 12.6.